The molecule has 1 rings (SSSR count). The summed E-state index contributed by atoms with van der Waals surface area (Å²) in [7, 11) is 0. The van der Waals surface area contributed by atoms with Crippen molar-refractivity contribution >= 4 is 0 Å². The molecule has 0 radical (unpaired) electrons. The van der Waals surface area contributed by atoms with Crippen molar-refractivity contribution in [1.29, 1.82) is 0 Å². The fraction of sp³-hybridized carbons (Fsp3) is 1.00. The summed E-state index contributed by atoms with van der Waals surface area (Å²) in [5, 5.41) is 0. The molecule has 0 spiro atoms. The molecule has 20 heavy (non-hydrogen) atoms. The highest BCUT2D eigenvalue weighted by Gasteiger charge is 2.29. The van der Waals surface area contributed by atoms with Gasteiger partial charge in [-0.2, -0.15) is 13.2 Å². The van der Waals surface area contributed by atoms with Crippen LogP contribution >= 0.6 is 0 Å². The number of alkyl halides is 3. The first-order valence-corrected chi connectivity index (χ1v) is 7.65. The van der Waals surface area contributed by atoms with Crippen molar-refractivity contribution in [3.8, 4) is 0 Å². The van der Waals surface area contributed by atoms with Gasteiger partial charge in [0.05, 0.1) is 18.6 Å². The van der Waals surface area contributed by atoms with Crippen molar-refractivity contribution in [2.24, 2.45) is 5.92 Å². The number of hydrogen-bond donors (Lipinski definition) is 0. The first-order chi connectivity index (χ1) is 9.22. The molecule has 1 heterocycles. The molecule has 0 atom stereocenters. The van der Waals surface area contributed by atoms with E-state index in [2.05, 4.69) is 20.8 Å². The van der Waals surface area contributed by atoms with Crippen molar-refractivity contribution in [3.63, 3.8) is 0 Å². The van der Waals surface area contributed by atoms with Gasteiger partial charge in [0.1, 0.15) is 0 Å². The Kier molecular flexibility index (Phi) is 6.79. The van der Waals surface area contributed by atoms with E-state index in [0.29, 0.717) is 5.92 Å². The number of likely N-dealkylation sites (tertiary alicyclic amines) is 1. The summed E-state index contributed by atoms with van der Waals surface area (Å²) >= 11 is 0. The molecule has 0 N–H and O–H groups in total. The normalized spacial score (nSPS) is 19.5. The lowest BCUT2D eigenvalue weighted by molar-refractivity contribution is -0.139. The fourth-order valence-electron chi connectivity index (χ4n) is 2.68. The standard InChI is InChI=1S/C15H28F3NO/c1-4-7-14(2,3)20-12-13-5-9-19(10-6-13)11-8-15(16,17)18/h13H,4-12H2,1-3H3. The van der Waals surface area contributed by atoms with E-state index in [9.17, 15) is 13.2 Å². The molecule has 5 heteroatoms. The maximum absolute atomic E-state index is 12.2. The second-order valence-corrected chi connectivity index (χ2v) is 6.47. The predicted molar refractivity (Wildman–Crippen MR) is 74.8 cm³/mol. The molecular formula is C15H28F3NO. The molecule has 0 unspecified atom stereocenters. The molecule has 1 fully saturated rings. The van der Waals surface area contributed by atoms with Crippen molar-refractivity contribution in [1.82, 2.24) is 4.90 Å². The summed E-state index contributed by atoms with van der Waals surface area (Å²) in [6.07, 6.45) is -0.706. The van der Waals surface area contributed by atoms with E-state index in [1.165, 1.54) is 0 Å². The van der Waals surface area contributed by atoms with E-state index in [0.717, 1.165) is 45.4 Å². The Morgan fingerprint density at radius 1 is 1.10 bits per heavy atom. The summed E-state index contributed by atoms with van der Waals surface area (Å²) < 4.78 is 42.5. The summed E-state index contributed by atoms with van der Waals surface area (Å²) in [6, 6.07) is 0. The van der Waals surface area contributed by atoms with Crippen LogP contribution in [-0.4, -0.2) is 42.9 Å². The molecular weight excluding hydrogens is 267 g/mol. The lowest BCUT2D eigenvalue weighted by Gasteiger charge is -2.34. The zero-order valence-corrected chi connectivity index (χ0v) is 12.9. The maximum atomic E-state index is 12.2. The Bertz CT molecular complexity index is 271. The van der Waals surface area contributed by atoms with Crippen LogP contribution in [0.15, 0.2) is 0 Å². The van der Waals surface area contributed by atoms with Gasteiger partial charge in [-0.05, 0) is 52.1 Å². The number of piperidine rings is 1. The quantitative estimate of drug-likeness (QED) is 0.696. The van der Waals surface area contributed by atoms with Crippen LogP contribution in [0.25, 0.3) is 0 Å². The van der Waals surface area contributed by atoms with Gasteiger partial charge in [-0.3, -0.25) is 0 Å². The van der Waals surface area contributed by atoms with Gasteiger partial charge in [-0.25, -0.2) is 0 Å². The third-order valence-electron chi connectivity index (χ3n) is 3.98. The molecule has 2 nitrogen and oxygen atoms in total. The van der Waals surface area contributed by atoms with E-state index in [1.54, 1.807) is 0 Å². The second-order valence-electron chi connectivity index (χ2n) is 6.47. The van der Waals surface area contributed by atoms with Gasteiger partial charge in [-0.15, -0.1) is 0 Å². The highest BCUT2D eigenvalue weighted by molar-refractivity contribution is 4.75. The average Bonchev–Trinajstić information content (AvgIpc) is 2.34. The highest BCUT2D eigenvalue weighted by Crippen LogP contribution is 2.24. The molecule has 120 valence electrons. The van der Waals surface area contributed by atoms with E-state index in [1.807, 2.05) is 4.90 Å². The van der Waals surface area contributed by atoms with Gasteiger partial charge < -0.3 is 9.64 Å². The van der Waals surface area contributed by atoms with Crippen LogP contribution in [0.3, 0.4) is 0 Å². The average molecular weight is 295 g/mol. The first-order valence-electron chi connectivity index (χ1n) is 7.65. The zero-order valence-electron chi connectivity index (χ0n) is 12.9. The Labute approximate surface area is 120 Å². The van der Waals surface area contributed by atoms with Crippen LogP contribution in [0.2, 0.25) is 0 Å². The van der Waals surface area contributed by atoms with Crippen LogP contribution in [0.4, 0.5) is 13.2 Å². The Morgan fingerprint density at radius 3 is 2.20 bits per heavy atom. The number of rotatable bonds is 7. The first kappa shape index (κ1) is 17.8. The van der Waals surface area contributed by atoms with Crippen LogP contribution in [-0.2, 0) is 4.74 Å². The smallest absolute Gasteiger partial charge is 0.375 e. The van der Waals surface area contributed by atoms with E-state index >= 15 is 0 Å². The van der Waals surface area contributed by atoms with Crippen molar-refractivity contribution in [3.05, 3.63) is 0 Å². The molecule has 1 aliphatic heterocycles. The largest absolute Gasteiger partial charge is 0.390 e. The van der Waals surface area contributed by atoms with Gasteiger partial charge in [-0.1, -0.05) is 13.3 Å². The summed E-state index contributed by atoms with van der Waals surface area (Å²) in [5.74, 6) is 0.494. The van der Waals surface area contributed by atoms with E-state index < -0.39 is 12.6 Å². The van der Waals surface area contributed by atoms with Crippen LogP contribution < -0.4 is 0 Å². The third-order valence-corrected chi connectivity index (χ3v) is 3.98. The van der Waals surface area contributed by atoms with Crippen molar-refractivity contribution < 1.29 is 17.9 Å². The predicted octanol–water partition coefficient (Wildman–Crippen LogP) is 4.25. The summed E-state index contributed by atoms with van der Waals surface area (Å²) in [5.41, 5.74) is -0.0812. The number of nitrogens with zero attached hydrogens (tertiary/aromatic N) is 1. The molecule has 0 bridgehead atoms. The van der Waals surface area contributed by atoms with Gasteiger partial charge in [0, 0.05) is 6.54 Å². The molecule has 0 amide bonds. The zero-order chi connectivity index (χ0) is 15.2. The van der Waals surface area contributed by atoms with Gasteiger partial charge in [0.15, 0.2) is 0 Å². The molecule has 0 aromatic heterocycles. The Balaban J connectivity index is 2.19. The van der Waals surface area contributed by atoms with Gasteiger partial charge in [0.25, 0.3) is 0 Å². The Hall–Kier alpha value is -0.290. The monoisotopic (exact) mass is 295 g/mol. The number of hydrogen-bond acceptors (Lipinski definition) is 2. The third kappa shape index (κ3) is 7.48. The van der Waals surface area contributed by atoms with Crippen molar-refractivity contribution in [2.75, 3.05) is 26.2 Å². The topological polar surface area (TPSA) is 12.5 Å². The minimum atomic E-state index is -4.04. The lowest BCUT2D eigenvalue weighted by atomic mass is 9.96. The minimum absolute atomic E-state index is 0.0812. The molecule has 0 saturated carbocycles. The Morgan fingerprint density at radius 2 is 1.70 bits per heavy atom. The van der Waals surface area contributed by atoms with Gasteiger partial charge in [0.2, 0.25) is 0 Å². The van der Waals surface area contributed by atoms with Crippen molar-refractivity contribution in [2.45, 2.75) is 64.7 Å². The van der Waals surface area contributed by atoms with Gasteiger partial charge >= 0.3 is 6.18 Å². The minimum Gasteiger partial charge on any atom is -0.375 e. The highest BCUT2D eigenvalue weighted by atomic mass is 19.4. The molecule has 0 aromatic carbocycles. The summed E-state index contributed by atoms with van der Waals surface area (Å²) in [4.78, 5) is 1.92. The molecule has 0 aromatic rings. The lowest BCUT2D eigenvalue weighted by Crippen LogP contribution is -2.38. The molecule has 1 saturated heterocycles. The van der Waals surface area contributed by atoms with E-state index in [4.69, 9.17) is 4.74 Å². The second kappa shape index (κ2) is 7.64. The number of halogens is 3. The summed E-state index contributed by atoms with van der Waals surface area (Å²) in [6.45, 7) is 8.75. The molecule has 0 aliphatic carbocycles. The number of ether oxygens (including phenoxy) is 1. The SMILES string of the molecule is CCCC(C)(C)OCC1CCN(CCC(F)(F)F)CC1. The maximum Gasteiger partial charge on any atom is 0.390 e. The molecule has 1 aliphatic rings. The fourth-order valence-corrected chi connectivity index (χ4v) is 2.68. The van der Waals surface area contributed by atoms with Crippen LogP contribution in [0.5, 0.6) is 0 Å². The van der Waals surface area contributed by atoms with Crippen LogP contribution in [0.1, 0.15) is 52.9 Å². The van der Waals surface area contributed by atoms with Crippen LogP contribution in [0, 0.1) is 5.92 Å². The van der Waals surface area contributed by atoms with E-state index in [-0.39, 0.29) is 12.1 Å².